The smallest absolute Gasteiger partial charge is 0.159 e. The molecule has 0 fully saturated rings. The van der Waals surface area contributed by atoms with E-state index in [1.165, 1.54) is 15.4 Å². The van der Waals surface area contributed by atoms with Gasteiger partial charge in [0.25, 0.3) is 0 Å². The number of nitrogens with one attached hydrogen (secondary N) is 1. The third-order valence-electron chi connectivity index (χ3n) is 3.33. The SMILES string of the molecule is CCc1ccc2c(c1)Nc1cc(C(C)=O)ccc1S2. The van der Waals surface area contributed by atoms with Crippen LogP contribution in [0.5, 0.6) is 0 Å². The van der Waals surface area contributed by atoms with Gasteiger partial charge in [-0.05, 0) is 43.2 Å². The van der Waals surface area contributed by atoms with Crippen LogP contribution in [0.25, 0.3) is 0 Å². The summed E-state index contributed by atoms with van der Waals surface area (Å²) in [5.41, 5.74) is 4.23. The van der Waals surface area contributed by atoms with Gasteiger partial charge in [0.15, 0.2) is 5.78 Å². The Kier molecular flexibility index (Phi) is 3.07. The van der Waals surface area contributed by atoms with E-state index >= 15 is 0 Å². The van der Waals surface area contributed by atoms with Crippen molar-refractivity contribution < 1.29 is 4.79 Å². The second-order valence-corrected chi connectivity index (χ2v) is 5.76. The van der Waals surface area contributed by atoms with Gasteiger partial charge in [0.1, 0.15) is 0 Å². The van der Waals surface area contributed by atoms with Crippen molar-refractivity contribution in [1.82, 2.24) is 0 Å². The summed E-state index contributed by atoms with van der Waals surface area (Å²) in [5.74, 6) is 0.0997. The molecule has 3 heteroatoms. The minimum absolute atomic E-state index is 0.0997. The number of aryl methyl sites for hydroxylation is 1. The number of fused-ring (bicyclic) bond motifs is 2. The molecule has 0 spiro atoms. The van der Waals surface area contributed by atoms with Crippen LogP contribution in [0.15, 0.2) is 46.2 Å². The number of Topliss-reactive ketones (excluding diaryl/α,β-unsaturated/α-hetero) is 1. The molecule has 0 unspecified atom stereocenters. The first-order chi connectivity index (χ1) is 9.17. The highest BCUT2D eigenvalue weighted by atomic mass is 32.2. The van der Waals surface area contributed by atoms with Crippen LogP contribution in [0.3, 0.4) is 0 Å². The Bertz CT molecular complexity index is 664. The summed E-state index contributed by atoms with van der Waals surface area (Å²) in [6, 6.07) is 12.4. The molecule has 0 atom stereocenters. The Hall–Kier alpha value is -1.74. The van der Waals surface area contributed by atoms with Crippen LogP contribution in [0.2, 0.25) is 0 Å². The number of benzene rings is 2. The second kappa shape index (κ2) is 4.74. The Morgan fingerprint density at radius 3 is 2.47 bits per heavy atom. The van der Waals surface area contributed by atoms with E-state index in [0.29, 0.717) is 0 Å². The number of carbonyl (C=O) groups is 1. The van der Waals surface area contributed by atoms with Gasteiger partial charge in [-0.1, -0.05) is 30.8 Å². The first-order valence-corrected chi connectivity index (χ1v) is 7.22. The molecule has 1 heterocycles. The van der Waals surface area contributed by atoms with Gasteiger partial charge in [0.2, 0.25) is 0 Å². The second-order valence-electron chi connectivity index (χ2n) is 4.68. The van der Waals surface area contributed by atoms with Crippen molar-refractivity contribution in [2.75, 3.05) is 5.32 Å². The van der Waals surface area contributed by atoms with Gasteiger partial charge in [-0.3, -0.25) is 4.79 Å². The van der Waals surface area contributed by atoms with E-state index < -0.39 is 0 Å². The molecule has 0 saturated carbocycles. The van der Waals surface area contributed by atoms with Gasteiger partial charge in [0, 0.05) is 15.4 Å². The zero-order chi connectivity index (χ0) is 13.4. The lowest BCUT2D eigenvalue weighted by atomic mass is 10.1. The van der Waals surface area contributed by atoms with Gasteiger partial charge < -0.3 is 5.32 Å². The monoisotopic (exact) mass is 269 g/mol. The molecule has 0 aliphatic carbocycles. The Labute approximate surface area is 117 Å². The fraction of sp³-hybridized carbons (Fsp3) is 0.188. The van der Waals surface area contributed by atoms with Crippen molar-refractivity contribution in [1.29, 1.82) is 0 Å². The predicted octanol–water partition coefficient (Wildman–Crippen LogP) is 4.66. The number of ketones is 1. The summed E-state index contributed by atoms with van der Waals surface area (Å²) in [4.78, 5) is 13.8. The largest absolute Gasteiger partial charge is 0.354 e. The normalized spacial score (nSPS) is 12.3. The molecule has 3 rings (SSSR count). The predicted molar refractivity (Wildman–Crippen MR) is 79.7 cm³/mol. The molecule has 19 heavy (non-hydrogen) atoms. The first-order valence-electron chi connectivity index (χ1n) is 6.40. The molecule has 2 nitrogen and oxygen atoms in total. The molecule has 2 aromatic carbocycles. The molecule has 1 aliphatic rings. The number of hydrogen-bond acceptors (Lipinski definition) is 3. The van der Waals surface area contributed by atoms with Crippen molar-refractivity contribution >= 4 is 28.9 Å². The lowest BCUT2D eigenvalue weighted by Gasteiger charge is -2.21. The molecular formula is C16H15NOS. The molecule has 0 saturated heterocycles. The van der Waals surface area contributed by atoms with Gasteiger partial charge in [0.05, 0.1) is 11.4 Å². The van der Waals surface area contributed by atoms with Gasteiger partial charge in [-0.25, -0.2) is 0 Å². The topological polar surface area (TPSA) is 29.1 Å². The molecule has 1 N–H and O–H groups in total. The van der Waals surface area contributed by atoms with Crippen molar-refractivity contribution in [2.24, 2.45) is 0 Å². The lowest BCUT2D eigenvalue weighted by molar-refractivity contribution is 0.101. The fourth-order valence-corrected chi connectivity index (χ4v) is 3.13. The highest BCUT2D eigenvalue weighted by Crippen LogP contribution is 2.44. The molecule has 0 amide bonds. The van der Waals surface area contributed by atoms with E-state index in [9.17, 15) is 4.79 Å². The van der Waals surface area contributed by atoms with Crippen molar-refractivity contribution in [3.63, 3.8) is 0 Å². The minimum Gasteiger partial charge on any atom is -0.354 e. The highest BCUT2D eigenvalue weighted by molar-refractivity contribution is 7.99. The molecule has 2 aromatic rings. The van der Waals surface area contributed by atoms with Crippen LogP contribution >= 0.6 is 11.8 Å². The molecular weight excluding hydrogens is 254 g/mol. The zero-order valence-electron chi connectivity index (χ0n) is 11.0. The van der Waals surface area contributed by atoms with E-state index in [1.807, 2.05) is 18.2 Å². The van der Waals surface area contributed by atoms with E-state index in [4.69, 9.17) is 0 Å². The van der Waals surface area contributed by atoms with Crippen LogP contribution in [-0.4, -0.2) is 5.78 Å². The molecule has 0 aromatic heterocycles. The number of hydrogen-bond donors (Lipinski definition) is 1. The van der Waals surface area contributed by atoms with Gasteiger partial charge in [-0.2, -0.15) is 0 Å². The molecule has 0 bridgehead atoms. The van der Waals surface area contributed by atoms with E-state index in [0.717, 1.165) is 23.4 Å². The summed E-state index contributed by atoms with van der Waals surface area (Å²) in [7, 11) is 0. The molecule has 96 valence electrons. The standard InChI is InChI=1S/C16H15NOS/c1-3-11-4-6-15-13(8-11)17-14-9-12(10(2)18)5-7-16(14)19-15/h4-9,17H,3H2,1-2H3. The van der Waals surface area contributed by atoms with Gasteiger partial charge >= 0.3 is 0 Å². The van der Waals surface area contributed by atoms with E-state index in [1.54, 1.807) is 18.7 Å². The summed E-state index contributed by atoms with van der Waals surface area (Å²) >= 11 is 1.75. The van der Waals surface area contributed by atoms with Crippen LogP contribution in [0.1, 0.15) is 29.8 Å². The highest BCUT2D eigenvalue weighted by Gasteiger charge is 2.16. The maximum Gasteiger partial charge on any atom is 0.159 e. The average molecular weight is 269 g/mol. The Balaban J connectivity index is 2.02. The van der Waals surface area contributed by atoms with Crippen LogP contribution < -0.4 is 5.32 Å². The maximum atomic E-state index is 11.4. The quantitative estimate of drug-likeness (QED) is 0.686. The summed E-state index contributed by atoms with van der Waals surface area (Å²) < 4.78 is 0. The molecule has 1 aliphatic heterocycles. The minimum atomic E-state index is 0.0997. The number of carbonyl (C=O) groups excluding carboxylic acids is 1. The van der Waals surface area contributed by atoms with Gasteiger partial charge in [-0.15, -0.1) is 0 Å². The van der Waals surface area contributed by atoms with Crippen LogP contribution in [-0.2, 0) is 6.42 Å². The van der Waals surface area contributed by atoms with E-state index in [2.05, 4.69) is 30.4 Å². The molecule has 0 radical (unpaired) electrons. The fourth-order valence-electron chi connectivity index (χ4n) is 2.18. The Morgan fingerprint density at radius 1 is 1.11 bits per heavy atom. The van der Waals surface area contributed by atoms with Crippen molar-refractivity contribution in [3.8, 4) is 0 Å². The van der Waals surface area contributed by atoms with Crippen LogP contribution in [0, 0.1) is 0 Å². The first kappa shape index (κ1) is 12.3. The maximum absolute atomic E-state index is 11.4. The lowest BCUT2D eigenvalue weighted by Crippen LogP contribution is -2.02. The summed E-state index contributed by atoms with van der Waals surface area (Å²) in [5, 5.41) is 3.44. The van der Waals surface area contributed by atoms with Crippen LogP contribution in [0.4, 0.5) is 11.4 Å². The number of anilines is 2. The third kappa shape index (κ3) is 2.26. The average Bonchev–Trinajstić information content (AvgIpc) is 2.43. The summed E-state index contributed by atoms with van der Waals surface area (Å²) in [6.07, 6.45) is 1.03. The Morgan fingerprint density at radius 2 is 1.79 bits per heavy atom. The van der Waals surface area contributed by atoms with E-state index in [-0.39, 0.29) is 5.78 Å². The van der Waals surface area contributed by atoms with Crippen molar-refractivity contribution in [3.05, 3.63) is 47.5 Å². The third-order valence-corrected chi connectivity index (χ3v) is 4.48. The van der Waals surface area contributed by atoms with Crippen molar-refractivity contribution in [2.45, 2.75) is 30.1 Å². The summed E-state index contributed by atoms with van der Waals surface area (Å²) in [6.45, 7) is 3.75. The number of rotatable bonds is 2. The zero-order valence-corrected chi connectivity index (χ0v) is 11.8.